The molecule has 0 aliphatic carbocycles. The number of hydrogen-bond acceptors (Lipinski definition) is 4. The summed E-state index contributed by atoms with van der Waals surface area (Å²) in [6, 6.07) is 11.6. The molecule has 0 saturated carbocycles. The number of fused-ring (bicyclic) bond motifs is 1. The maximum absolute atomic E-state index is 12.3. The lowest BCUT2D eigenvalue weighted by atomic mass is 10.0. The molecular weight excluding hydrogens is 294 g/mol. The van der Waals surface area contributed by atoms with Crippen molar-refractivity contribution >= 4 is 16.9 Å². The van der Waals surface area contributed by atoms with Gasteiger partial charge in [0.15, 0.2) is 6.29 Å². The van der Waals surface area contributed by atoms with Crippen LogP contribution in [0.5, 0.6) is 5.75 Å². The maximum atomic E-state index is 12.3. The van der Waals surface area contributed by atoms with Gasteiger partial charge in [-0.1, -0.05) is 30.3 Å². The van der Waals surface area contributed by atoms with Crippen molar-refractivity contribution in [3.8, 4) is 5.75 Å². The second-order valence-electron chi connectivity index (χ2n) is 5.32. The summed E-state index contributed by atoms with van der Waals surface area (Å²) < 4.78 is 16.9. The first-order valence-corrected chi connectivity index (χ1v) is 7.96. The molecule has 0 bridgehead atoms. The number of rotatable bonds is 4. The van der Waals surface area contributed by atoms with Crippen LogP contribution in [0.1, 0.15) is 25.7 Å². The van der Waals surface area contributed by atoms with Crippen molar-refractivity contribution in [2.45, 2.75) is 20.1 Å². The van der Waals surface area contributed by atoms with Crippen LogP contribution in [0.3, 0.4) is 0 Å². The van der Waals surface area contributed by atoms with Gasteiger partial charge < -0.3 is 19.1 Å². The molecular formula is C18H21NO4. The highest BCUT2D eigenvalue weighted by atomic mass is 16.7. The summed E-state index contributed by atoms with van der Waals surface area (Å²) in [5.41, 5.74) is 0.892. The number of benzene rings is 2. The average molecular weight is 315 g/mol. The molecule has 1 amide bonds. The number of carbonyl (C=O) groups is 1. The summed E-state index contributed by atoms with van der Waals surface area (Å²) >= 11 is 0. The Bertz CT molecular complexity index is 685. The second kappa shape index (κ2) is 6.98. The SMILES string of the molecule is CCN(CC)C(=O)Oc1cccc2cccc(C3OCCO3)c12. The third kappa shape index (κ3) is 3.16. The molecule has 3 rings (SSSR count). The minimum absolute atomic E-state index is 0.342. The first kappa shape index (κ1) is 15.8. The Morgan fingerprint density at radius 2 is 1.78 bits per heavy atom. The van der Waals surface area contributed by atoms with E-state index in [-0.39, 0.29) is 6.09 Å². The molecule has 0 radical (unpaired) electrons. The van der Waals surface area contributed by atoms with Crippen LogP contribution in [0.25, 0.3) is 10.8 Å². The second-order valence-corrected chi connectivity index (χ2v) is 5.32. The zero-order chi connectivity index (χ0) is 16.2. The summed E-state index contributed by atoms with van der Waals surface area (Å²) in [5.74, 6) is 0.536. The van der Waals surface area contributed by atoms with Gasteiger partial charge in [-0.25, -0.2) is 4.79 Å². The fourth-order valence-corrected chi connectivity index (χ4v) is 2.79. The van der Waals surface area contributed by atoms with Crippen molar-refractivity contribution in [3.05, 3.63) is 42.0 Å². The zero-order valence-corrected chi connectivity index (χ0v) is 13.5. The van der Waals surface area contributed by atoms with E-state index in [4.69, 9.17) is 14.2 Å². The molecule has 0 aromatic heterocycles. The fourth-order valence-electron chi connectivity index (χ4n) is 2.79. The Hall–Kier alpha value is -2.11. The summed E-state index contributed by atoms with van der Waals surface area (Å²) in [5, 5.41) is 1.86. The fraction of sp³-hybridized carbons (Fsp3) is 0.389. The van der Waals surface area contributed by atoms with E-state index in [1.54, 1.807) is 4.90 Å². The third-order valence-corrected chi connectivity index (χ3v) is 3.99. The van der Waals surface area contributed by atoms with E-state index in [0.29, 0.717) is 32.1 Å². The van der Waals surface area contributed by atoms with E-state index in [1.807, 2.05) is 50.2 Å². The standard InChI is InChI=1S/C18H21NO4/c1-3-19(4-2)18(20)23-15-10-6-8-13-7-5-9-14(16(13)15)17-21-11-12-22-17/h5-10,17H,3-4,11-12H2,1-2H3. The lowest BCUT2D eigenvalue weighted by Gasteiger charge is -2.20. The Morgan fingerprint density at radius 3 is 2.43 bits per heavy atom. The van der Waals surface area contributed by atoms with Gasteiger partial charge in [0.05, 0.1) is 13.2 Å². The molecule has 5 nitrogen and oxygen atoms in total. The van der Waals surface area contributed by atoms with Crippen molar-refractivity contribution in [2.75, 3.05) is 26.3 Å². The molecule has 1 aliphatic rings. The molecule has 1 aliphatic heterocycles. The Balaban J connectivity index is 2.01. The van der Waals surface area contributed by atoms with Gasteiger partial charge >= 0.3 is 6.09 Å². The predicted molar refractivity (Wildman–Crippen MR) is 87.5 cm³/mol. The van der Waals surface area contributed by atoms with E-state index < -0.39 is 6.29 Å². The predicted octanol–water partition coefficient (Wildman–Crippen LogP) is 3.73. The average Bonchev–Trinajstić information content (AvgIpc) is 3.10. The van der Waals surface area contributed by atoms with Crippen LogP contribution in [0, 0.1) is 0 Å². The van der Waals surface area contributed by atoms with Gasteiger partial charge in [-0.05, 0) is 25.3 Å². The maximum Gasteiger partial charge on any atom is 0.415 e. The van der Waals surface area contributed by atoms with E-state index in [2.05, 4.69) is 0 Å². The van der Waals surface area contributed by atoms with Gasteiger partial charge in [0.25, 0.3) is 0 Å². The van der Waals surface area contributed by atoms with Crippen LogP contribution in [-0.4, -0.2) is 37.3 Å². The molecule has 0 atom stereocenters. The molecule has 2 aromatic rings. The molecule has 1 fully saturated rings. The molecule has 2 aromatic carbocycles. The first-order valence-electron chi connectivity index (χ1n) is 7.96. The van der Waals surface area contributed by atoms with Crippen molar-refractivity contribution in [2.24, 2.45) is 0 Å². The van der Waals surface area contributed by atoms with E-state index in [1.165, 1.54) is 0 Å². The van der Waals surface area contributed by atoms with Gasteiger partial charge in [-0.2, -0.15) is 0 Å². The summed E-state index contributed by atoms with van der Waals surface area (Å²) in [6.45, 7) is 6.23. The molecule has 23 heavy (non-hydrogen) atoms. The largest absolute Gasteiger partial charge is 0.415 e. The quantitative estimate of drug-likeness (QED) is 0.862. The van der Waals surface area contributed by atoms with Crippen molar-refractivity contribution in [1.29, 1.82) is 0 Å². The van der Waals surface area contributed by atoms with Gasteiger partial charge in [0.2, 0.25) is 0 Å². The minimum Gasteiger partial charge on any atom is -0.410 e. The molecule has 5 heteroatoms. The van der Waals surface area contributed by atoms with E-state index in [9.17, 15) is 4.79 Å². The van der Waals surface area contributed by atoms with Crippen molar-refractivity contribution in [1.82, 2.24) is 4.90 Å². The monoisotopic (exact) mass is 315 g/mol. The van der Waals surface area contributed by atoms with Crippen LogP contribution < -0.4 is 4.74 Å². The molecule has 0 N–H and O–H groups in total. The molecule has 122 valence electrons. The number of amides is 1. The summed E-state index contributed by atoms with van der Waals surface area (Å²) in [6.07, 6.45) is -0.752. The lowest BCUT2D eigenvalue weighted by molar-refractivity contribution is -0.0430. The van der Waals surface area contributed by atoms with Crippen LogP contribution in [-0.2, 0) is 9.47 Å². The Kier molecular flexibility index (Phi) is 4.79. The van der Waals surface area contributed by atoms with Crippen molar-refractivity contribution < 1.29 is 19.0 Å². The topological polar surface area (TPSA) is 48.0 Å². The normalized spacial score (nSPS) is 15.0. The van der Waals surface area contributed by atoms with Crippen LogP contribution >= 0.6 is 0 Å². The Morgan fingerprint density at radius 1 is 1.13 bits per heavy atom. The number of ether oxygens (including phenoxy) is 3. The van der Waals surface area contributed by atoms with Gasteiger partial charge in [0.1, 0.15) is 5.75 Å². The summed E-state index contributed by atoms with van der Waals surface area (Å²) in [7, 11) is 0. The number of hydrogen-bond donors (Lipinski definition) is 0. The third-order valence-electron chi connectivity index (χ3n) is 3.99. The molecule has 0 spiro atoms. The van der Waals surface area contributed by atoms with Crippen LogP contribution in [0.15, 0.2) is 36.4 Å². The van der Waals surface area contributed by atoms with Gasteiger partial charge in [0, 0.05) is 24.0 Å². The number of carbonyl (C=O) groups excluding carboxylic acids is 1. The minimum atomic E-state index is -0.410. The van der Waals surface area contributed by atoms with E-state index >= 15 is 0 Å². The highest BCUT2D eigenvalue weighted by molar-refractivity contribution is 5.93. The zero-order valence-electron chi connectivity index (χ0n) is 13.5. The number of nitrogens with zero attached hydrogens (tertiary/aromatic N) is 1. The van der Waals surface area contributed by atoms with Crippen molar-refractivity contribution in [3.63, 3.8) is 0 Å². The summed E-state index contributed by atoms with van der Waals surface area (Å²) in [4.78, 5) is 13.9. The lowest BCUT2D eigenvalue weighted by Crippen LogP contribution is -2.33. The first-order chi connectivity index (χ1) is 11.2. The molecule has 1 heterocycles. The van der Waals surface area contributed by atoms with Gasteiger partial charge in [-0.15, -0.1) is 0 Å². The molecule has 0 unspecified atom stereocenters. The van der Waals surface area contributed by atoms with Crippen LogP contribution in [0.4, 0.5) is 4.79 Å². The highest BCUT2D eigenvalue weighted by Gasteiger charge is 2.23. The Labute approximate surface area is 135 Å². The smallest absolute Gasteiger partial charge is 0.410 e. The van der Waals surface area contributed by atoms with E-state index in [0.717, 1.165) is 16.3 Å². The van der Waals surface area contributed by atoms with Crippen LogP contribution in [0.2, 0.25) is 0 Å². The highest BCUT2D eigenvalue weighted by Crippen LogP contribution is 2.35. The molecule has 1 saturated heterocycles. The van der Waals surface area contributed by atoms with Gasteiger partial charge in [-0.3, -0.25) is 0 Å².